The SMILES string of the molecule is O=S(=O)(F)c1cccc(S(=O)(=O)c2ccccc2)c1. The molecule has 0 fully saturated rings. The minimum atomic E-state index is -4.93. The first kappa shape index (κ1) is 13.7. The number of halogens is 1. The Labute approximate surface area is 110 Å². The van der Waals surface area contributed by atoms with Crippen molar-refractivity contribution in [3.8, 4) is 0 Å². The molecule has 7 heteroatoms. The smallest absolute Gasteiger partial charge is 0.219 e. The van der Waals surface area contributed by atoms with Crippen LogP contribution in [0.2, 0.25) is 0 Å². The Morgan fingerprint density at radius 3 is 1.79 bits per heavy atom. The Kier molecular flexibility index (Phi) is 3.42. The van der Waals surface area contributed by atoms with Crippen molar-refractivity contribution in [2.24, 2.45) is 0 Å². The molecular formula is C12H9FO4S2. The third-order valence-corrected chi connectivity index (χ3v) is 5.04. The molecule has 100 valence electrons. The summed E-state index contributed by atoms with van der Waals surface area (Å²) in [6.07, 6.45) is 0. The lowest BCUT2D eigenvalue weighted by atomic mass is 10.4. The predicted molar refractivity (Wildman–Crippen MR) is 66.6 cm³/mol. The molecule has 19 heavy (non-hydrogen) atoms. The highest BCUT2D eigenvalue weighted by molar-refractivity contribution is 7.91. The Hall–Kier alpha value is -1.73. The van der Waals surface area contributed by atoms with Crippen LogP contribution in [0.5, 0.6) is 0 Å². The first-order valence-corrected chi connectivity index (χ1v) is 8.03. The predicted octanol–water partition coefficient (Wildman–Crippen LogP) is 2.18. The third-order valence-electron chi connectivity index (χ3n) is 2.45. The van der Waals surface area contributed by atoms with Gasteiger partial charge in [0, 0.05) is 0 Å². The first-order valence-electron chi connectivity index (χ1n) is 5.17. The summed E-state index contributed by atoms with van der Waals surface area (Å²) in [5.74, 6) is 0. The van der Waals surface area contributed by atoms with Crippen LogP contribution in [0.1, 0.15) is 0 Å². The van der Waals surface area contributed by atoms with Gasteiger partial charge in [0.05, 0.1) is 14.7 Å². The summed E-state index contributed by atoms with van der Waals surface area (Å²) in [4.78, 5) is -0.926. The van der Waals surface area contributed by atoms with Crippen LogP contribution in [-0.4, -0.2) is 16.8 Å². The summed E-state index contributed by atoms with van der Waals surface area (Å²) in [6.45, 7) is 0. The van der Waals surface area contributed by atoms with Gasteiger partial charge in [-0.2, -0.15) is 8.42 Å². The summed E-state index contributed by atoms with van der Waals surface area (Å²) >= 11 is 0. The van der Waals surface area contributed by atoms with E-state index in [2.05, 4.69) is 0 Å². The van der Waals surface area contributed by atoms with Crippen molar-refractivity contribution < 1.29 is 20.7 Å². The third kappa shape index (κ3) is 2.82. The molecule has 4 nitrogen and oxygen atoms in total. The molecule has 0 heterocycles. The standard InChI is InChI=1S/C12H9FO4S2/c13-19(16,17)12-8-4-7-11(9-12)18(14,15)10-5-2-1-3-6-10/h1-9H. The summed E-state index contributed by atoms with van der Waals surface area (Å²) < 4.78 is 58.8. The zero-order valence-corrected chi connectivity index (χ0v) is 11.2. The largest absolute Gasteiger partial charge is 0.332 e. The topological polar surface area (TPSA) is 68.3 Å². The average molecular weight is 300 g/mol. The second-order valence-corrected chi connectivity index (χ2v) is 7.03. The number of hydrogen-bond acceptors (Lipinski definition) is 4. The maximum absolute atomic E-state index is 12.9. The van der Waals surface area contributed by atoms with E-state index in [0.717, 1.165) is 12.1 Å². The van der Waals surface area contributed by atoms with Crippen molar-refractivity contribution in [2.45, 2.75) is 14.7 Å². The molecule has 0 spiro atoms. The van der Waals surface area contributed by atoms with Crippen molar-refractivity contribution in [3.05, 3.63) is 54.6 Å². The Morgan fingerprint density at radius 2 is 1.21 bits per heavy atom. The van der Waals surface area contributed by atoms with Crippen molar-refractivity contribution in [2.75, 3.05) is 0 Å². The molecule has 0 bridgehead atoms. The molecule has 0 saturated heterocycles. The Morgan fingerprint density at radius 1 is 0.684 bits per heavy atom. The molecule has 0 aromatic heterocycles. The second-order valence-electron chi connectivity index (χ2n) is 3.73. The van der Waals surface area contributed by atoms with Gasteiger partial charge in [-0.1, -0.05) is 24.3 Å². The van der Waals surface area contributed by atoms with Crippen LogP contribution in [0.25, 0.3) is 0 Å². The first-order chi connectivity index (χ1) is 8.82. The normalized spacial score (nSPS) is 12.3. The van der Waals surface area contributed by atoms with Crippen LogP contribution in [0, 0.1) is 0 Å². The summed E-state index contributed by atoms with van der Waals surface area (Å²) in [5, 5.41) is 0. The fourth-order valence-electron chi connectivity index (χ4n) is 1.53. The van der Waals surface area contributed by atoms with Crippen LogP contribution < -0.4 is 0 Å². The van der Waals surface area contributed by atoms with Gasteiger partial charge in [-0.05, 0) is 30.3 Å². The summed E-state index contributed by atoms with van der Waals surface area (Å²) in [7, 11) is -8.79. The molecule has 0 saturated carbocycles. The lowest BCUT2D eigenvalue weighted by Crippen LogP contribution is -2.03. The summed E-state index contributed by atoms with van der Waals surface area (Å²) in [5.41, 5.74) is 0. The number of sulfone groups is 1. The molecule has 2 aromatic rings. The molecule has 2 aromatic carbocycles. The Bertz CT molecular complexity index is 797. The molecular weight excluding hydrogens is 291 g/mol. The van der Waals surface area contributed by atoms with E-state index in [-0.39, 0.29) is 9.79 Å². The Balaban J connectivity index is 2.61. The van der Waals surface area contributed by atoms with Gasteiger partial charge in [-0.25, -0.2) is 8.42 Å². The molecule has 0 atom stereocenters. The molecule has 0 radical (unpaired) electrons. The van der Waals surface area contributed by atoms with E-state index < -0.39 is 25.0 Å². The van der Waals surface area contributed by atoms with Crippen molar-refractivity contribution in [1.29, 1.82) is 0 Å². The molecule has 2 rings (SSSR count). The van der Waals surface area contributed by atoms with Gasteiger partial charge < -0.3 is 0 Å². The summed E-state index contributed by atoms with van der Waals surface area (Å²) in [6, 6.07) is 11.7. The van der Waals surface area contributed by atoms with Gasteiger partial charge in [-0.15, -0.1) is 3.89 Å². The molecule has 0 aliphatic carbocycles. The van der Waals surface area contributed by atoms with Crippen molar-refractivity contribution in [1.82, 2.24) is 0 Å². The minimum Gasteiger partial charge on any atom is -0.219 e. The van der Waals surface area contributed by atoms with Gasteiger partial charge in [0.15, 0.2) is 0 Å². The quantitative estimate of drug-likeness (QED) is 0.815. The van der Waals surface area contributed by atoms with Gasteiger partial charge in [0.1, 0.15) is 0 Å². The zero-order valence-electron chi connectivity index (χ0n) is 9.52. The van der Waals surface area contributed by atoms with Gasteiger partial charge in [0.2, 0.25) is 9.84 Å². The van der Waals surface area contributed by atoms with Gasteiger partial charge in [-0.3, -0.25) is 0 Å². The maximum Gasteiger partial charge on any atom is 0.332 e. The van der Waals surface area contributed by atoms with Crippen LogP contribution in [0.3, 0.4) is 0 Å². The molecule has 0 unspecified atom stereocenters. The molecule has 0 N–H and O–H groups in total. The van der Waals surface area contributed by atoms with E-state index in [9.17, 15) is 20.7 Å². The highest BCUT2D eigenvalue weighted by atomic mass is 32.3. The highest BCUT2D eigenvalue weighted by Crippen LogP contribution is 2.23. The van der Waals surface area contributed by atoms with E-state index >= 15 is 0 Å². The van der Waals surface area contributed by atoms with E-state index in [4.69, 9.17) is 0 Å². The average Bonchev–Trinajstić information content (AvgIpc) is 2.39. The fraction of sp³-hybridized carbons (Fsp3) is 0. The fourth-order valence-corrected chi connectivity index (χ4v) is 3.44. The molecule has 0 aliphatic rings. The van der Waals surface area contributed by atoms with Gasteiger partial charge >= 0.3 is 10.2 Å². The van der Waals surface area contributed by atoms with Crippen LogP contribution >= 0.6 is 0 Å². The second kappa shape index (κ2) is 4.75. The van der Waals surface area contributed by atoms with Crippen LogP contribution in [0.15, 0.2) is 69.3 Å². The lowest BCUT2D eigenvalue weighted by Gasteiger charge is -2.05. The highest BCUT2D eigenvalue weighted by Gasteiger charge is 2.20. The van der Waals surface area contributed by atoms with Gasteiger partial charge in [0.25, 0.3) is 0 Å². The minimum absolute atomic E-state index is 0.0170. The monoisotopic (exact) mass is 300 g/mol. The maximum atomic E-state index is 12.9. The molecule has 0 amide bonds. The number of benzene rings is 2. The van der Waals surface area contributed by atoms with E-state index in [1.165, 1.54) is 24.3 Å². The van der Waals surface area contributed by atoms with Crippen molar-refractivity contribution in [3.63, 3.8) is 0 Å². The van der Waals surface area contributed by atoms with E-state index in [1.807, 2.05) is 0 Å². The van der Waals surface area contributed by atoms with E-state index in [0.29, 0.717) is 0 Å². The van der Waals surface area contributed by atoms with Crippen LogP contribution in [0.4, 0.5) is 3.89 Å². The lowest BCUT2D eigenvalue weighted by molar-refractivity contribution is 0.552. The van der Waals surface area contributed by atoms with Crippen LogP contribution in [-0.2, 0) is 20.1 Å². The van der Waals surface area contributed by atoms with Crippen molar-refractivity contribution >= 4 is 20.1 Å². The number of hydrogen-bond donors (Lipinski definition) is 0. The van der Waals surface area contributed by atoms with E-state index in [1.54, 1.807) is 18.2 Å². The molecule has 0 aliphatic heterocycles. The number of rotatable bonds is 3. The zero-order chi connectivity index (χ0) is 14.1.